The zero-order valence-corrected chi connectivity index (χ0v) is 14.2. The van der Waals surface area contributed by atoms with Gasteiger partial charge in [-0.25, -0.2) is 5.01 Å². The highest BCUT2D eigenvalue weighted by atomic mass is 35.5. The lowest BCUT2D eigenvalue weighted by atomic mass is 10.1. The minimum Gasteiger partial charge on any atom is -0.490 e. The summed E-state index contributed by atoms with van der Waals surface area (Å²) in [6.45, 7) is 0. The van der Waals surface area contributed by atoms with Gasteiger partial charge >= 0.3 is 5.69 Å². The molecule has 26 heavy (non-hydrogen) atoms. The molecule has 2 amide bonds. The molecule has 1 aliphatic rings. The molecule has 0 spiro atoms. The molecule has 8 nitrogen and oxygen atoms in total. The van der Waals surface area contributed by atoms with E-state index in [0.717, 1.165) is 11.1 Å². The van der Waals surface area contributed by atoms with Gasteiger partial charge in [-0.05, 0) is 24.3 Å². The first kappa shape index (κ1) is 17.4. The van der Waals surface area contributed by atoms with Crippen molar-refractivity contribution in [1.29, 1.82) is 0 Å². The summed E-state index contributed by atoms with van der Waals surface area (Å²) in [7, 11) is 1.26. The first-order valence-electron chi connectivity index (χ1n) is 7.36. The number of nitro benzene ring substituents is 1. The number of para-hydroxylation sites is 1. The molecule has 0 radical (unpaired) electrons. The molecule has 2 aromatic carbocycles. The van der Waals surface area contributed by atoms with Gasteiger partial charge in [0.15, 0.2) is 0 Å². The van der Waals surface area contributed by atoms with Gasteiger partial charge in [0.05, 0.1) is 17.7 Å². The van der Waals surface area contributed by atoms with Gasteiger partial charge in [-0.15, -0.1) is 0 Å². The van der Waals surface area contributed by atoms with Gasteiger partial charge in [-0.3, -0.25) is 25.1 Å². The number of carbonyl (C=O) groups is 2. The summed E-state index contributed by atoms with van der Waals surface area (Å²) < 4.78 is 5.08. The zero-order chi connectivity index (χ0) is 18.8. The van der Waals surface area contributed by atoms with Crippen molar-refractivity contribution in [1.82, 2.24) is 5.43 Å². The Balaban J connectivity index is 2.07. The average molecular weight is 374 g/mol. The largest absolute Gasteiger partial charge is 0.490 e. The fourth-order valence-corrected chi connectivity index (χ4v) is 2.76. The second-order valence-corrected chi connectivity index (χ2v) is 5.72. The topological polar surface area (TPSA) is 102 Å². The van der Waals surface area contributed by atoms with Crippen molar-refractivity contribution >= 4 is 40.9 Å². The Morgan fingerprint density at radius 2 is 1.92 bits per heavy atom. The third-order valence-corrected chi connectivity index (χ3v) is 3.89. The summed E-state index contributed by atoms with van der Waals surface area (Å²) in [6, 6.07) is 11.1. The quantitative estimate of drug-likeness (QED) is 0.384. The smallest absolute Gasteiger partial charge is 0.313 e. The Morgan fingerprint density at radius 3 is 2.54 bits per heavy atom. The summed E-state index contributed by atoms with van der Waals surface area (Å²) in [5.41, 5.74) is 2.53. The van der Waals surface area contributed by atoms with Crippen molar-refractivity contribution in [2.75, 3.05) is 12.1 Å². The van der Waals surface area contributed by atoms with Crippen LogP contribution >= 0.6 is 11.6 Å². The molecule has 0 bridgehead atoms. The van der Waals surface area contributed by atoms with E-state index in [1.165, 1.54) is 19.3 Å². The lowest BCUT2D eigenvalue weighted by Crippen LogP contribution is -2.35. The number of hydrogen-bond acceptors (Lipinski definition) is 5. The first-order valence-corrected chi connectivity index (χ1v) is 7.74. The van der Waals surface area contributed by atoms with E-state index in [0.29, 0.717) is 5.69 Å². The van der Waals surface area contributed by atoms with Crippen molar-refractivity contribution in [2.45, 2.75) is 0 Å². The molecule has 0 atom stereocenters. The van der Waals surface area contributed by atoms with Crippen LogP contribution in [0.5, 0.6) is 5.75 Å². The third-order valence-electron chi connectivity index (χ3n) is 3.67. The maximum absolute atomic E-state index is 12.6. The first-order chi connectivity index (χ1) is 12.4. The van der Waals surface area contributed by atoms with E-state index in [1.807, 2.05) is 0 Å². The highest BCUT2D eigenvalue weighted by Crippen LogP contribution is 2.36. The van der Waals surface area contributed by atoms with E-state index in [9.17, 15) is 19.7 Å². The number of halogens is 1. The molecule has 9 heteroatoms. The number of nitro groups is 1. The predicted molar refractivity (Wildman–Crippen MR) is 94.7 cm³/mol. The van der Waals surface area contributed by atoms with Gasteiger partial charge in [0.2, 0.25) is 5.75 Å². The third kappa shape index (κ3) is 3.09. The van der Waals surface area contributed by atoms with Crippen molar-refractivity contribution in [3.8, 4) is 5.75 Å². The van der Waals surface area contributed by atoms with E-state index in [1.54, 1.807) is 30.3 Å². The summed E-state index contributed by atoms with van der Waals surface area (Å²) >= 11 is 5.92. The molecule has 0 unspecified atom stereocenters. The number of rotatable bonds is 4. The molecule has 132 valence electrons. The van der Waals surface area contributed by atoms with Crippen LogP contribution in [-0.4, -0.2) is 23.8 Å². The SMILES string of the molecule is COc1c(/C=C2/C(=O)NN(c3ccccc3)C2=O)cc(Cl)cc1[N+](=O)[O-]. The number of carbonyl (C=O) groups excluding carboxylic acids is 2. The molecular formula is C17H12ClN3O5. The molecular weight excluding hydrogens is 362 g/mol. The standard InChI is InChI=1S/C17H12ClN3O5/c1-26-15-10(7-11(18)9-14(15)21(24)25)8-13-16(22)19-20(17(13)23)12-5-3-2-4-6-12/h2-9H,1H3,(H,19,22)/b13-8-. The van der Waals surface area contributed by atoms with Crippen LogP contribution in [0.1, 0.15) is 5.56 Å². The molecule has 1 saturated heterocycles. The normalized spacial score (nSPS) is 15.3. The van der Waals surface area contributed by atoms with Gasteiger partial charge in [-0.2, -0.15) is 0 Å². The Bertz CT molecular complexity index is 943. The Kier molecular flexibility index (Phi) is 4.59. The minimum atomic E-state index is -0.653. The lowest BCUT2D eigenvalue weighted by molar-refractivity contribution is -0.385. The van der Waals surface area contributed by atoms with E-state index >= 15 is 0 Å². The van der Waals surface area contributed by atoms with Crippen LogP contribution in [0.25, 0.3) is 6.08 Å². The van der Waals surface area contributed by atoms with E-state index in [2.05, 4.69) is 5.43 Å². The molecule has 2 aromatic rings. The number of hydrogen-bond donors (Lipinski definition) is 1. The van der Waals surface area contributed by atoms with Gasteiger partial charge in [0, 0.05) is 16.7 Å². The highest BCUT2D eigenvalue weighted by molar-refractivity contribution is 6.32. The molecule has 1 heterocycles. The maximum atomic E-state index is 12.6. The van der Waals surface area contributed by atoms with E-state index in [-0.39, 0.29) is 27.6 Å². The molecule has 1 aliphatic heterocycles. The molecule has 1 fully saturated rings. The Hall–Kier alpha value is -3.39. The van der Waals surface area contributed by atoms with Gasteiger partial charge in [0.1, 0.15) is 5.57 Å². The van der Waals surface area contributed by atoms with Crippen LogP contribution in [0, 0.1) is 10.1 Å². The molecule has 3 rings (SSSR count). The second kappa shape index (κ2) is 6.85. The van der Waals surface area contributed by atoms with Crippen LogP contribution < -0.4 is 15.2 Å². The van der Waals surface area contributed by atoms with Gasteiger partial charge in [0.25, 0.3) is 11.8 Å². The maximum Gasteiger partial charge on any atom is 0.313 e. The summed E-state index contributed by atoms with van der Waals surface area (Å²) in [6.07, 6.45) is 1.22. The second-order valence-electron chi connectivity index (χ2n) is 5.28. The molecule has 0 saturated carbocycles. The van der Waals surface area contributed by atoms with Crippen LogP contribution in [0.15, 0.2) is 48.0 Å². The minimum absolute atomic E-state index is 0.0788. The fraction of sp³-hybridized carbons (Fsp3) is 0.0588. The van der Waals surface area contributed by atoms with Gasteiger partial charge < -0.3 is 4.74 Å². The van der Waals surface area contributed by atoms with Crippen LogP contribution in [0.2, 0.25) is 5.02 Å². The molecule has 0 aromatic heterocycles. The van der Waals surface area contributed by atoms with Crippen LogP contribution in [0.3, 0.4) is 0 Å². The van der Waals surface area contributed by atoms with E-state index < -0.39 is 16.7 Å². The van der Waals surface area contributed by atoms with Crippen LogP contribution in [0.4, 0.5) is 11.4 Å². The molecule has 1 N–H and O–H groups in total. The van der Waals surface area contributed by atoms with Crippen molar-refractivity contribution in [3.63, 3.8) is 0 Å². The number of nitrogens with one attached hydrogen (secondary N) is 1. The van der Waals surface area contributed by atoms with E-state index in [4.69, 9.17) is 16.3 Å². The highest BCUT2D eigenvalue weighted by Gasteiger charge is 2.35. The fourth-order valence-electron chi connectivity index (χ4n) is 2.54. The summed E-state index contributed by atoms with van der Waals surface area (Å²) in [4.78, 5) is 35.3. The van der Waals surface area contributed by atoms with Crippen molar-refractivity contribution in [2.24, 2.45) is 0 Å². The summed E-state index contributed by atoms with van der Waals surface area (Å²) in [5, 5.41) is 12.4. The van der Waals surface area contributed by atoms with Crippen molar-refractivity contribution < 1.29 is 19.2 Å². The number of nitrogens with zero attached hydrogens (tertiary/aromatic N) is 2. The lowest BCUT2D eigenvalue weighted by Gasteiger charge is -2.13. The number of hydrazine groups is 1. The zero-order valence-electron chi connectivity index (χ0n) is 13.4. The van der Waals surface area contributed by atoms with Gasteiger partial charge in [-0.1, -0.05) is 29.8 Å². The monoisotopic (exact) mass is 373 g/mol. The number of anilines is 1. The number of methoxy groups -OCH3 is 1. The predicted octanol–water partition coefficient (Wildman–Crippen LogP) is 2.72. The Morgan fingerprint density at radius 1 is 1.23 bits per heavy atom. The number of ether oxygens (including phenoxy) is 1. The number of benzene rings is 2. The van der Waals surface area contributed by atoms with Crippen molar-refractivity contribution in [3.05, 3.63) is 68.7 Å². The molecule has 0 aliphatic carbocycles. The van der Waals surface area contributed by atoms with Crippen LogP contribution in [-0.2, 0) is 9.59 Å². The Labute approximate surface area is 152 Å². The summed E-state index contributed by atoms with van der Waals surface area (Å²) in [5.74, 6) is -1.32. The number of amides is 2. The average Bonchev–Trinajstić information content (AvgIpc) is 2.90.